The molecule has 0 bridgehead atoms. The number of hydrogen-bond donors (Lipinski definition) is 2. The lowest BCUT2D eigenvalue weighted by molar-refractivity contribution is 0.154. The smallest absolute Gasteiger partial charge is 0.279 e. The molecule has 0 aromatic carbocycles. The largest absolute Gasteiger partial charge is 0.395 e. The van der Waals surface area contributed by atoms with Gasteiger partial charge in [0.1, 0.15) is 0 Å². The average molecular weight is 302 g/mol. The van der Waals surface area contributed by atoms with E-state index >= 15 is 0 Å². The van der Waals surface area contributed by atoms with Crippen molar-refractivity contribution in [2.24, 2.45) is 0 Å². The molecule has 0 radical (unpaired) electrons. The lowest BCUT2D eigenvalue weighted by atomic mass is 10.1. The molecule has 1 aromatic rings. The van der Waals surface area contributed by atoms with E-state index in [-0.39, 0.29) is 12.6 Å². The number of nitrogens with one attached hydrogen (secondary N) is 1. The van der Waals surface area contributed by atoms with E-state index in [1.54, 1.807) is 12.5 Å². The summed E-state index contributed by atoms with van der Waals surface area (Å²) >= 11 is 0. The third kappa shape index (κ3) is 4.02. The first-order chi connectivity index (χ1) is 9.63. The molecule has 8 heteroatoms. The van der Waals surface area contributed by atoms with Gasteiger partial charge in [-0.1, -0.05) is 6.42 Å². The van der Waals surface area contributed by atoms with Crippen LogP contribution in [0.2, 0.25) is 0 Å². The summed E-state index contributed by atoms with van der Waals surface area (Å²) < 4.78 is 30.3. The number of piperidine rings is 1. The first kappa shape index (κ1) is 15.4. The van der Waals surface area contributed by atoms with Gasteiger partial charge in [-0.05, 0) is 19.3 Å². The summed E-state index contributed by atoms with van der Waals surface area (Å²) in [6.07, 6.45) is 8.51. The van der Waals surface area contributed by atoms with E-state index < -0.39 is 10.2 Å². The molecule has 0 aliphatic carbocycles. The SMILES string of the molecule is O=S(=O)(NCCCn1ccnc1)N1CCCCC1CO. The second kappa shape index (κ2) is 7.16. The molecule has 20 heavy (non-hydrogen) atoms. The number of imidazole rings is 1. The zero-order valence-electron chi connectivity index (χ0n) is 11.5. The Morgan fingerprint density at radius 3 is 2.95 bits per heavy atom. The summed E-state index contributed by atoms with van der Waals surface area (Å²) in [5.74, 6) is 0. The van der Waals surface area contributed by atoms with E-state index in [0.29, 0.717) is 19.5 Å². The van der Waals surface area contributed by atoms with Crippen molar-refractivity contribution >= 4 is 10.2 Å². The van der Waals surface area contributed by atoms with E-state index in [2.05, 4.69) is 9.71 Å². The van der Waals surface area contributed by atoms with E-state index in [1.807, 2.05) is 10.8 Å². The fraction of sp³-hybridized carbons (Fsp3) is 0.750. The molecule has 2 N–H and O–H groups in total. The molecule has 1 aliphatic heterocycles. The number of rotatable bonds is 7. The molecule has 1 saturated heterocycles. The predicted molar refractivity (Wildman–Crippen MR) is 75.2 cm³/mol. The van der Waals surface area contributed by atoms with Crippen molar-refractivity contribution < 1.29 is 13.5 Å². The molecular weight excluding hydrogens is 280 g/mol. The van der Waals surface area contributed by atoms with Crippen LogP contribution in [0, 0.1) is 0 Å². The summed E-state index contributed by atoms with van der Waals surface area (Å²) in [4.78, 5) is 3.93. The topological polar surface area (TPSA) is 87.5 Å². The Kier molecular flexibility index (Phi) is 5.53. The van der Waals surface area contributed by atoms with E-state index in [4.69, 9.17) is 0 Å². The van der Waals surface area contributed by atoms with Crippen LogP contribution in [0.25, 0.3) is 0 Å². The first-order valence-corrected chi connectivity index (χ1v) is 8.40. The normalized spacial score (nSPS) is 21.1. The molecule has 1 atom stereocenters. The lowest BCUT2D eigenvalue weighted by Gasteiger charge is -2.33. The molecular formula is C12H22N4O3S. The number of aliphatic hydroxyl groups excluding tert-OH is 1. The van der Waals surface area contributed by atoms with Gasteiger partial charge in [-0.2, -0.15) is 12.7 Å². The van der Waals surface area contributed by atoms with Crippen molar-refractivity contribution in [2.75, 3.05) is 19.7 Å². The molecule has 2 rings (SSSR count). The molecule has 1 aliphatic rings. The van der Waals surface area contributed by atoms with Gasteiger partial charge in [-0.15, -0.1) is 0 Å². The molecule has 0 amide bonds. The van der Waals surface area contributed by atoms with Crippen LogP contribution in [0.5, 0.6) is 0 Å². The molecule has 0 saturated carbocycles. The van der Waals surface area contributed by atoms with Crippen LogP contribution in [0.4, 0.5) is 0 Å². The average Bonchev–Trinajstić information content (AvgIpc) is 2.97. The van der Waals surface area contributed by atoms with Gasteiger partial charge in [0.05, 0.1) is 12.9 Å². The molecule has 0 spiro atoms. The Labute approximate surface area is 119 Å². The fourth-order valence-electron chi connectivity index (χ4n) is 2.44. The number of aryl methyl sites for hydroxylation is 1. The number of aromatic nitrogens is 2. The van der Waals surface area contributed by atoms with Gasteiger partial charge in [0.2, 0.25) is 0 Å². The highest BCUT2D eigenvalue weighted by Crippen LogP contribution is 2.19. The highest BCUT2D eigenvalue weighted by atomic mass is 32.2. The van der Waals surface area contributed by atoms with Crippen molar-refractivity contribution in [1.82, 2.24) is 18.6 Å². The van der Waals surface area contributed by atoms with Gasteiger partial charge in [0.15, 0.2) is 0 Å². The van der Waals surface area contributed by atoms with Crippen molar-refractivity contribution in [1.29, 1.82) is 0 Å². The lowest BCUT2D eigenvalue weighted by Crippen LogP contribution is -2.50. The summed E-state index contributed by atoms with van der Waals surface area (Å²) in [7, 11) is -3.49. The number of nitrogens with zero attached hydrogens (tertiary/aromatic N) is 3. The summed E-state index contributed by atoms with van der Waals surface area (Å²) in [5.41, 5.74) is 0. The first-order valence-electron chi connectivity index (χ1n) is 6.96. The Morgan fingerprint density at radius 2 is 2.25 bits per heavy atom. The van der Waals surface area contributed by atoms with Gasteiger partial charge < -0.3 is 9.67 Å². The Morgan fingerprint density at radius 1 is 1.40 bits per heavy atom. The van der Waals surface area contributed by atoms with E-state index in [9.17, 15) is 13.5 Å². The van der Waals surface area contributed by atoms with Gasteiger partial charge >= 0.3 is 0 Å². The number of aliphatic hydroxyl groups is 1. The standard InChI is InChI=1S/C12H22N4O3S/c17-10-12-4-1-2-8-16(12)20(18,19)14-5-3-7-15-9-6-13-11-15/h6,9,11-12,14,17H,1-5,7-8,10H2. The van der Waals surface area contributed by atoms with Crippen LogP contribution in [-0.4, -0.2) is 53.1 Å². The van der Waals surface area contributed by atoms with Crippen molar-refractivity contribution in [3.63, 3.8) is 0 Å². The van der Waals surface area contributed by atoms with E-state index in [1.165, 1.54) is 4.31 Å². The maximum atomic E-state index is 12.2. The summed E-state index contributed by atoms with van der Waals surface area (Å²) in [6.45, 7) is 1.49. The minimum atomic E-state index is -3.49. The maximum Gasteiger partial charge on any atom is 0.279 e. The second-order valence-corrected chi connectivity index (χ2v) is 6.70. The third-order valence-corrected chi connectivity index (χ3v) is 5.20. The zero-order valence-corrected chi connectivity index (χ0v) is 12.3. The second-order valence-electron chi connectivity index (χ2n) is 5.00. The monoisotopic (exact) mass is 302 g/mol. The van der Waals surface area contributed by atoms with Gasteiger partial charge in [-0.3, -0.25) is 0 Å². The quantitative estimate of drug-likeness (QED) is 0.692. The fourth-order valence-corrected chi connectivity index (χ4v) is 3.94. The van der Waals surface area contributed by atoms with Crippen molar-refractivity contribution in [3.05, 3.63) is 18.7 Å². The van der Waals surface area contributed by atoms with Crippen molar-refractivity contribution in [2.45, 2.75) is 38.3 Å². The minimum Gasteiger partial charge on any atom is -0.395 e. The minimum absolute atomic E-state index is 0.115. The van der Waals surface area contributed by atoms with Crippen LogP contribution in [0.15, 0.2) is 18.7 Å². The zero-order chi connectivity index (χ0) is 14.4. The number of hydrogen-bond acceptors (Lipinski definition) is 4. The van der Waals surface area contributed by atoms with Gasteiger partial charge in [0, 0.05) is 38.1 Å². The van der Waals surface area contributed by atoms with Crippen molar-refractivity contribution in [3.8, 4) is 0 Å². The molecule has 114 valence electrons. The highest BCUT2D eigenvalue weighted by molar-refractivity contribution is 7.87. The Bertz CT molecular complexity index is 489. The van der Waals surface area contributed by atoms with Gasteiger partial charge in [-0.25, -0.2) is 9.71 Å². The van der Waals surface area contributed by atoms with Crippen LogP contribution < -0.4 is 4.72 Å². The Balaban J connectivity index is 1.80. The van der Waals surface area contributed by atoms with Crippen LogP contribution in [-0.2, 0) is 16.8 Å². The molecule has 2 heterocycles. The molecule has 1 aromatic heterocycles. The third-order valence-electron chi connectivity index (χ3n) is 3.53. The van der Waals surface area contributed by atoms with Crippen LogP contribution in [0.3, 0.4) is 0 Å². The Hall–Kier alpha value is -0.960. The van der Waals surface area contributed by atoms with Crippen LogP contribution in [0.1, 0.15) is 25.7 Å². The maximum absolute atomic E-state index is 12.2. The highest BCUT2D eigenvalue weighted by Gasteiger charge is 2.31. The predicted octanol–water partition coefficient (Wildman–Crippen LogP) is -0.0456. The molecule has 7 nitrogen and oxygen atoms in total. The van der Waals surface area contributed by atoms with Gasteiger partial charge in [0.25, 0.3) is 10.2 Å². The molecule has 1 fully saturated rings. The van der Waals surface area contributed by atoms with E-state index in [0.717, 1.165) is 25.8 Å². The van der Waals surface area contributed by atoms with Crippen LogP contribution >= 0.6 is 0 Å². The summed E-state index contributed by atoms with van der Waals surface area (Å²) in [6, 6.07) is -0.283. The summed E-state index contributed by atoms with van der Waals surface area (Å²) in [5, 5.41) is 9.28. The molecule has 1 unspecified atom stereocenters.